The molecule has 1 aromatic heterocycles. The zero-order chi connectivity index (χ0) is 34.3. The third-order valence-corrected chi connectivity index (χ3v) is 8.99. The molecule has 1 heterocycles. The van der Waals surface area contributed by atoms with E-state index in [0.717, 1.165) is 29.8 Å². The Bertz CT molecular complexity index is 2500. The summed E-state index contributed by atoms with van der Waals surface area (Å²) in [4.78, 5) is 19.9. The molecule has 0 aliphatic carbocycles. The number of aryl methyl sites for hydroxylation is 1. The van der Waals surface area contributed by atoms with E-state index in [1.165, 1.54) is 12.1 Å². The summed E-state index contributed by atoms with van der Waals surface area (Å²) in [5.41, 5.74) is -1.41. The van der Waals surface area contributed by atoms with Gasteiger partial charge in [-0.1, -0.05) is 30.3 Å². The first kappa shape index (κ1) is 33.1. The quantitative estimate of drug-likeness (QED) is 0.0844. The SMILES string of the molecule is Cc1ccccc1Nc1nc(Nc2cc(S(=O)(=O)O)cc3cc(S(=O)(=O)O)c(N=Nc4ccccc4S(=O)(=O)O)c(O)c23)[nH]c(=O)n1. The van der Waals surface area contributed by atoms with Crippen LogP contribution in [0.5, 0.6) is 5.75 Å². The molecule has 18 nitrogen and oxygen atoms in total. The van der Waals surface area contributed by atoms with E-state index in [4.69, 9.17) is 0 Å². The molecule has 5 aromatic rings. The van der Waals surface area contributed by atoms with Gasteiger partial charge < -0.3 is 15.7 Å². The minimum absolute atomic E-state index is 0.203. The lowest BCUT2D eigenvalue weighted by molar-refractivity contribution is 0.472. The molecule has 4 aromatic carbocycles. The Kier molecular flexibility index (Phi) is 8.53. The van der Waals surface area contributed by atoms with E-state index in [9.17, 15) is 48.8 Å². The number of para-hydroxylation sites is 1. The molecule has 5 rings (SSSR count). The molecule has 0 radical (unpaired) electrons. The van der Waals surface area contributed by atoms with Gasteiger partial charge in [-0.2, -0.15) is 35.2 Å². The van der Waals surface area contributed by atoms with Crippen LogP contribution in [-0.4, -0.2) is 59.0 Å². The van der Waals surface area contributed by atoms with Crippen molar-refractivity contribution in [2.45, 2.75) is 21.6 Å². The minimum Gasteiger partial charge on any atom is -0.505 e. The molecule has 0 saturated heterocycles. The fourth-order valence-electron chi connectivity index (χ4n) is 4.32. The lowest BCUT2D eigenvalue weighted by Gasteiger charge is -2.15. The van der Waals surface area contributed by atoms with Crippen LogP contribution >= 0.6 is 0 Å². The van der Waals surface area contributed by atoms with Gasteiger partial charge in [-0.05, 0) is 54.3 Å². The number of nitrogens with zero attached hydrogens (tertiary/aromatic N) is 4. The predicted octanol–water partition coefficient (Wildman–Crippen LogP) is 3.97. The second-order valence-electron chi connectivity index (χ2n) is 9.62. The Morgan fingerprint density at radius 2 is 1.40 bits per heavy atom. The Morgan fingerprint density at radius 1 is 0.745 bits per heavy atom. The van der Waals surface area contributed by atoms with Crippen molar-refractivity contribution in [1.29, 1.82) is 0 Å². The van der Waals surface area contributed by atoms with Crippen molar-refractivity contribution < 1.29 is 44.0 Å². The van der Waals surface area contributed by atoms with Crippen LogP contribution in [0.1, 0.15) is 5.56 Å². The Hall–Kier alpha value is -5.32. The van der Waals surface area contributed by atoms with Crippen molar-refractivity contribution in [2.24, 2.45) is 10.2 Å². The highest BCUT2D eigenvalue weighted by molar-refractivity contribution is 7.86. The van der Waals surface area contributed by atoms with E-state index >= 15 is 0 Å². The number of rotatable bonds is 9. The number of aromatic hydroxyl groups is 1. The molecule has 0 saturated carbocycles. The topological polar surface area (TPSA) is 291 Å². The van der Waals surface area contributed by atoms with E-state index in [1.54, 1.807) is 31.2 Å². The Morgan fingerprint density at radius 3 is 2.06 bits per heavy atom. The van der Waals surface area contributed by atoms with Gasteiger partial charge in [0.05, 0.1) is 10.6 Å². The molecule has 0 fully saturated rings. The van der Waals surface area contributed by atoms with E-state index in [0.29, 0.717) is 11.8 Å². The van der Waals surface area contributed by atoms with Gasteiger partial charge in [0.2, 0.25) is 11.9 Å². The second-order valence-corrected chi connectivity index (χ2v) is 13.8. The van der Waals surface area contributed by atoms with Crippen LogP contribution in [0.2, 0.25) is 0 Å². The van der Waals surface area contributed by atoms with E-state index in [-0.39, 0.29) is 28.4 Å². The standard InChI is InChI=1S/C26H21N7O11S3/c1-13-6-2-3-7-16(13)27-24-29-25(31-26(35)30-24)28-18-12-15(45(36,37)38)10-14-11-20(47(42,43)44)22(23(34)21(14)18)33-32-17-8-4-5-9-19(17)46(39,40)41/h2-12,34H,1H3,(H,36,37,38)(H,39,40,41)(H,42,43,44)(H3,27,28,29,30,31,35). The maximum atomic E-state index is 12.4. The molecule has 0 atom stereocenters. The first-order chi connectivity index (χ1) is 21.9. The number of aromatic nitrogens is 3. The minimum atomic E-state index is -5.25. The molecule has 0 spiro atoms. The van der Waals surface area contributed by atoms with Gasteiger partial charge in [0, 0.05) is 11.1 Å². The highest BCUT2D eigenvalue weighted by Crippen LogP contribution is 2.45. The fraction of sp³-hybridized carbons (Fsp3) is 0.0385. The largest absolute Gasteiger partial charge is 0.505 e. The van der Waals surface area contributed by atoms with Gasteiger partial charge in [0.25, 0.3) is 30.4 Å². The van der Waals surface area contributed by atoms with Gasteiger partial charge >= 0.3 is 5.69 Å². The summed E-state index contributed by atoms with van der Waals surface area (Å²) in [6, 6.07) is 13.9. The van der Waals surface area contributed by atoms with Crippen molar-refractivity contribution in [3.63, 3.8) is 0 Å². The zero-order valence-electron chi connectivity index (χ0n) is 23.5. The lowest BCUT2D eigenvalue weighted by atomic mass is 10.1. The Labute approximate surface area is 265 Å². The predicted molar refractivity (Wildman–Crippen MR) is 166 cm³/mol. The van der Waals surface area contributed by atoms with E-state index in [2.05, 4.69) is 35.8 Å². The fourth-order valence-corrected chi connectivity index (χ4v) is 6.15. The summed E-state index contributed by atoms with van der Waals surface area (Å²) in [6.07, 6.45) is 0. The molecule has 0 bridgehead atoms. The number of nitrogens with one attached hydrogen (secondary N) is 3. The molecular formula is C26H21N7O11S3. The smallest absolute Gasteiger partial charge is 0.351 e. The molecule has 244 valence electrons. The van der Waals surface area contributed by atoms with Gasteiger partial charge in [-0.3, -0.25) is 18.6 Å². The maximum absolute atomic E-state index is 12.4. The monoisotopic (exact) mass is 703 g/mol. The third kappa shape index (κ3) is 7.24. The number of fused-ring (bicyclic) bond motifs is 1. The van der Waals surface area contributed by atoms with Crippen molar-refractivity contribution in [2.75, 3.05) is 10.6 Å². The number of benzene rings is 4. The summed E-state index contributed by atoms with van der Waals surface area (Å²) in [5.74, 6) is -1.61. The highest BCUT2D eigenvalue weighted by atomic mass is 32.2. The first-order valence-corrected chi connectivity index (χ1v) is 17.1. The molecule has 0 amide bonds. The van der Waals surface area contributed by atoms with Crippen molar-refractivity contribution in [1.82, 2.24) is 15.0 Å². The molecule has 7 N–H and O–H groups in total. The molecule has 0 aliphatic rings. The van der Waals surface area contributed by atoms with Crippen LogP contribution < -0.4 is 16.3 Å². The summed E-state index contributed by atoms with van der Waals surface area (Å²) in [5, 5.41) is 23.3. The molecule has 0 aliphatic heterocycles. The van der Waals surface area contributed by atoms with Crippen LogP contribution in [0.3, 0.4) is 0 Å². The molecule has 0 unspecified atom stereocenters. The summed E-state index contributed by atoms with van der Waals surface area (Å²) < 4.78 is 102. The van der Waals surface area contributed by atoms with Crippen LogP contribution in [0.4, 0.5) is 34.6 Å². The number of anilines is 4. The van der Waals surface area contributed by atoms with Crippen LogP contribution in [0.25, 0.3) is 10.8 Å². The molecular weight excluding hydrogens is 683 g/mol. The lowest BCUT2D eigenvalue weighted by Crippen LogP contribution is -2.17. The summed E-state index contributed by atoms with van der Waals surface area (Å²) in [7, 11) is -15.1. The third-order valence-electron chi connectivity index (χ3n) is 6.40. The zero-order valence-corrected chi connectivity index (χ0v) is 26.0. The van der Waals surface area contributed by atoms with Crippen molar-refractivity contribution in [3.8, 4) is 5.75 Å². The number of phenolic OH excluding ortho intramolecular Hbond substituents is 1. The van der Waals surface area contributed by atoms with Crippen LogP contribution in [-0.2, 0) is 30.4 Å². The number of azo groups is 1. The van der Waals surface area contributed by atoms with Crippen molar-refractivity contribution in [3.05, 3.63) is 82.8 Å². The van der Waals surface area contributed by atoms with Gasteiger partial charge in [0.15, 0.2) is 5.75 Å². The summed E-state index contributed by atoms with van der Waals surface area (Å²) >= 11 is 0. The average Bonchev–Trinajstić information content (AvgIpc) is 2.96. The normalized spacial score (nSPS) is 12.4. The maximum Gasteiger partial charge on any atom is 0.351 e. The number of phenols is 1. The average molecular weight is 704 g/mol. The Balaban J connectivity index is 1.74. The molecule has 21 heteroatoms. The van der Waals surface area contributed by atoms with E-state index < -0.39 is 67.9 Å². The van der Waals surface area contributed by atoms with Crippen LogP contribution in [0.15, 0.2) is 96.4 Å². The van der Waals surface area contributed by atoms with Crippen LogP contribution in [0, 0.1) is 6.92 Å². The number of H-pyrrole nitrogens is 1. The number of hydrogen-bond donors (Lipinski definition) is 7. The second kappa shape index (κ2) is 12.1. The molecule has 47 heavy (non-hydrogen) atoms. The number of hydrogen-bond acceptors (Lipinski definition) is 14. The van der Waals surface area contributed by atoms with E-state index in [1.807, 2.05) is 0 Å². The first-order valence-electron chi connectivity index (χ1n) is 12.8. The van der Waals surface area contributed by atoms with Crippen molar-refractivity contribution >= 4 is 75.8 Å². The van der Waals surface area contributed by atoms with Gasteiger partial charge in [-0.15, -0.1) is 10.2 Å². The summed E-state index contributed by atoms with van der Waals surface area (Å²) in [6.45, 7) is 1.78. The highest BCUT2D eigenvalue weighted by Gasteiger charge is 2.26. The van der Waals surface area contributed by atoms with Gasteiger partial charge in [-0.25, -0.2) is 4.79 Å². The van der Waals surface area contributed by atoms with Gasteiger partial charge in [0.1, 0.15) is 21.2 Å². The number of aromatic amines is 1.